The maximum atomic E-state index is 14.0. The van der Waals surface area contributed by atoms with Crippen molar-refractivity contribution in [1.29, 1.82) is 0 Å². The number of hydrogen-bond donors (Lipinski definition) is 2. The van der Waals surface area contributed by atoms with E-state index in [0.29, 0.717) is 5.56 Å². The number of carboxylic acid groups (broad SMARTS) is 1. The minimum atomic E-state index is -1.39. The van der Waals surface area contributed by atoms with Gasteiger partial charge in [0.05, 0.1) is 17.5 Å². The first-order valence-electron chi connectivity index (χ1n) is 7.21. The summed E-state index contributed by atoms with van der Waals surface area (Å²) in [6.07, 6.45) is -1.67. The van der Waals surface area contributed by atoms with E-state index < -0.39 is 46.7 Å². The normalized spacial score (nSPS) is 11.6. The lowest BCUT2D eigenvalue weighted by molar-refractivity contribution is -0.137. The molecule has 0 radical (unpaired) electrons. The predicted octanol–water partition coefficient (Wildman–Crippen LogP) is 4.06. The lowest BCUT2D eigenvalue weighted by atomic mass is 10.0. The number of alkyl carbamates (subject to hydrolysis) is 1. The number of benzene rings is 2. The van der Waals surface area contributed by atoms with Gasteiger partial charge < -0.3 is 15.2 Å². The second kappa shape index (κ2) is 8.43. The fourth-order valence-corrected chi connectivity index (χ4v) is 2.45. The molecule has 0 aliphatic heterocycles. The van der Waals surface area contributed by atoms with Crippen molar-refractivity contribution in [3.63, 3.8) is 0 Å². The third-order valence-corrected chi connectivity index (χ3v) is 3.70. The van der Waals surface area contributed by atoms with Crippen molar-refractivity contribution in [3.8, 4) is 0 Å². The number of carbonyl (C=O) groups excluding carboxylic acids is 1. The van der Waals surface area contributed by atoms with Crippen molar-refractivity contribution >= 4 is 23.7 Å². The Morgan fingerprint density at radius 2 is 1.76 bits per heavy atom. The van der Waals surface area contributed by atoms with Gasteiger partial charge in [0.25, 0.3) is 0 Å². The van der Waals surface area contributed by atoms with Crippen molar-refractivity contribution in [2.75, 3.05) is 0 Å². The lowest BCUT2D eigenvalue weighted by Crippen LogP contribution is -2.31. The molecule has 0 bridgehead atoms. The van der Waals surface area contributed by atoms with Gasteiger partial charge in [-0.05, 0) is 17.7 Å². The fourth-order valence-electron chi connectivity index (χ4n) is 2.17. The smallest absolute Gasteiger partial charge is 0.407 e. The topological polar surface area (TPSA) is 75.6 Å². The molecule has 5 nitrogen and oxygen atoms in total. The molecule has 2 rings (SSSR count). The summed E-state index contributed by atoms with van der Waals surface area (Å²) >= 11 is 5.73. The van der Waals surface area contributed by atoms with Crippen LogP contribution in [0.5, 0.6) is 0 Å². The van der Waals surface area contributed by atoms with Gasteiger partial charge in [0, 0.05) is 5.56 Å². The lowest BCUT2D eigenvalue weighted by Gasteiger charge is -2.19. The quantitative estimate of drug-likeness (QED) is 0.753. The average Bonchev–Trinajstić information content (AvgIpc) is 2.57. The number of amides is 1. The van der Waals surface area contributed by atoms with Crippen LogP contribution in [0.25, 0.3) is 0 Å². The molecule has 0 heterocycles. The maximum absolute atomic E-state index is 14.0. The van der Waals surface area contributed by atoms with Crippen molar-refractivity contribution in [1.82, 2.24) is 5.32 Å². The number of aliphatic carboxylic acids is 1. The second-order valence-corrected chi connectivity index (χ2v) is 5.49. The summed E-state index contributed by atoms with van der Waals surface area (Å²) in [5.74, 6) is -3.18. The van der Waals surface area contributed by atoms with Gasteiger partial charge in [-0.1, -0.05) is 41.9 Å². The number of carbonyl (C=O) groups is 2. The van der Waals surface area contributed by atoms with Crippen LogP contribution in [0.15, 0.2) is 42.5 Å². The van der Waals surface area contributed by atoms with Gasteiger partial charge in [-0.2, -0.15) is 0 Å². The largest absolute Gasteiger partial charge is 0.481 e. The van der Waals surface area contributed by atoms with Gasteiger partial charge in [0.2, 0.25) is 0 Å². The number of nitrogens with one attached hydrogen (secondary N) is 1. The molecule has 0 saturated heterocycles. The number of hydrogen-bond acceptors (Lipinski definition) is 3. The van der Waals surface area contributed by atoms with E-state index in [1.165, 1.54) is 0 Å². The molecule has 1 atom stereocenters. The highest BCUT2D eigenvalue weighted by Gasteiger charge is 2.26. The second-order valence-electron chi connectivity index (χ2n) is 5.11. The zero-order valence-corrected chi connectivity index (χ0v) is 13.6. The van der Waals surface area contributed by atoms with Gasteiger partial charge in [-0.3, -0.25) is 4.79 Å². The van der Waals surface area contributed by atoms with Crippen LogP contribution in [0.3, 0.4) is 0 Å². The van der Waals surface area contributed by atoms with Crippen molar-refractivity contribution in [2.24, 2.45) is 0 Å². The SMILES string of the molecule is O=C(O)C[C@@H](NC(=O)OCc1ccccc1)c1c(F)ccc(F)c1Cl. The Kier molecular flexibility index (Phi) is 6.30. The summed E-state index contributed by atoms with van der Waals surface area (Å²) in [4.78, 5) is 22.9. The maximum Gasteiger partial charge on any atom is 0.407 e. The van der Waals surface area contributed by atoms with Crippen LogP contribution in [0.4, 0.5) is 13.6 Å². The van der Waals surface area contributed by atoms with Crippen LogP contribution in [0.2, 0.25) is 5.02 Å². The summed E-state index contributed by atoms with van der Waals surface area (Å²) in [6, 6.07) is 8.99. The van der Waals surface area contributed by atoms with E-state index in [4.69, 9.17) is 21.4 Å². The molecular weight excluding hydrogens is 356 g/mol. The Morgan fingerprint density at radius 3 is 2.40 bits per heavy atom. The Morgan fingerprint density at radius 1 is 1.12 bits per heavy atom. The van der Waals surface area contributed by atoms with Gasteiger partial charge in [-0.15, -0.1) is 0 Å². The van der Waals surface area contributed by atoms with Gasteiger partial charge >= 0.3 is 12.1 Å². The van der Waals surface area contributed by atoms with Crippen molar-refractivity contribution < 1.29 is 28.2 Å². The highest BCUT2D eigenvalue weighted by atomic mass is 35.5. The van der Waals surface area contributed by atoms with Gasteiger partial charge in [0.1, 0.15) is 18.2 Å². The van der Waals surface area contributed by atoms with E-state index in [1.807, 2.05) is 0 Å². The summed E-state index contributed by atoms with van der Waals surface area (Å²) < 4.78 is 32.5. The number of rotatable bonds is 6. The molecule has 132 valence electrons. The van der Waals surface area contributed by atoms with E-state index in [9.17, 15) is 18.4 Å². The third-order valence-electron chi connectivity index (χ3n) is 3.31. The molecule has 25 heavy (non-hydrogen) atoms. The summed E-state index contributed by atoms with van der Waals surface area (Å²) in [5.41, 5.74) is 0.267. The summed E-state index contributed by atoms with van der Waals surface area (Å²) in [7, 11) is 0. The number of ether oxygens (including phenoxy) is 1. The van der Waals surface area contributed by atoms with Crippen molar-refractivity contribution in [2.45, 2.75) is 19.1 Å². The highest BCUT2D eigenvalue weighted by Crippen LogP contribution is 2.30. The van der Waals surface area contributed by atoms with E-state index in [0.717, 1.165) is 12.1 Å². The molecule has 2 N–H and O–H groups in total. The Labute approximate surface area is 147 Å². The molecule has 0 saturated carbocycles. The molecule has 1 amide bonds. The van der Waals surface area contributed by atoms with E-state index in [1.54, 1.807) is 30.3 Å². The number of halogens is 3. The monoisotopic (exact) mass is 369 g/mol. The fraction of sp³-hybridized carbons (Fsp3) is 0.176. The zero-order valence-electron chi connectivity index (χ0n) is 12.8. The van der Waals surface area contributed by atoms with Crippen LogP contribution in [-0.4, -0.2) is 17.2 Å². The molecule has 0 aromatic heterocycles. The average molecular weight is 370 g/mol. The molecular formula is C17H14ClF2NO4. The molecule has 0 aliphatic rings. The highest BCUT2D eigenvalue weighted by molar-refractivity contribution is 6.31. The standard InChI is InChI=1S/C17H14ClF2NO4/c18-16-12(20)7-6-11(19)15(16)13(8-14(22)23)21-17(24)25-9-10-4-2-1-3-5-10/h1-7,13H,8-9H2,(H,21,24)(H,22,23)/t13-/m1/s1. The van der Waals surface area contributed by atoms with Crippen LogP contribution in [0, 0.1) is 11.6 Å². The molecule has 0 aliphatic carbocycles. The Hall–Kier alpha value is -2.67. The first-order chi connectivity index (χ1) is 11.9. The summed E-state index contributed by atoms with van der Waals surface area (Å²) in [6.45, 7) is -0.0637. The van der Waals surface area contributed by atoms with Crippen molar-refractivity contribution in [3.05, 3.63) is 70.2 Å². The molecule has 2 aromatic rings. The minimum absolute atomic E-state index is 0.0637. The van der Waals surface area contributed by atoms with E-state index in [-0.39, 0.29) is 6.61 Å². The predicted molar refractivity (Wildman–Crippen MR) is 86.1 cm³/mol. The molecule has 0 unspecified atom stereocenters. The van der Waals surface area contributed by atoms with Gasteiger partial charge in [0.15, 0.2) is 0 Å². The van der Waals surface area contributed by atoms with E-state index in [2.05, 4.69) is 5.32 Å². The van der Waals surface area contributed by atoms with Crippen LogP contribution < -0.4 is 5.32 Å². The van der Waals surface area contributed by atoms with Crippen LogP contribution in [0.1, 0.15) is 23.6 Å². The zero-order chi connectivity index (χ0) is 18.4. The Balaban J connectivity index is 2.14. The molecule has 0 spiro atoms. The van der Waals surface area contributed by atoms with Crippen LogP contribution in [-0.2, 0) is 16.1 Å². The first kappa shape index (κ1) is 18.7. The van der Waals surface area contributed by atoms with Crippen LogP contribution >= 0.6 is 11.6 Å². The minimum Gasteiger partial charge on any atom is -0.481 e. The third kappa shape index (κ3) is 5.15. The first-order valence-corrected chi connectivity index (χ1v) is 7.58. The summed E-state index contributed by atoms with van der Waals surface area (Å²) in [5, 5.41) is 10.6. The molecule has 2 aromatic carbocycles. The Bertz CT molecular complexity index is 771. The molecule has 8 heteroatoms. The molecule has 0 fully saturated rings. The number of carboxylic acids is 1. The van der Waals surface area contributed by atoms with E-state index >= 15 is 0 Å². The van der Waals surface area contributed by atoms with Gasteiger partial charge in [-0.25, -0.2) is 13.6 Å².